The third kappa shape index (κ3) is 3.98. The summed E-state index contributed by atoms with van der Waals surface area (Å²) < 4.78 is 13.6. The van der Waals surface area contributed by atoms with E-state index in [4.69, 9.17) is 0 Å². The molecule has 3 N–H and O–H groups in total. The normalized spacial score (nSPS) is 26.9. The summed E-state index contributed by atoms with van der Waals surface area (Å²) in [6.45, 7) is 2.16. The molecule has 2 nitrogen and oxygen atoms in total. The van der Waals surface area contributed by atoms with E-state index in [1.54, 1.807) is 12.1 Å². The number of benzene rings is 3. The SMILES string of the molecule is CCC[C@@H]1[C@H](c2ccccc2)[NH2+][C@H](c2ccccc2)C[C@]1(O)c1ccc(F)cc1. The number of quaternary nitrogens is 1. The van der Waals surface area contributed by atoms with Crippen molar-refractivity contribution in [3.05, 3.63) is 107 Å². The van der Waals surface area contributed by atoms with Gasteiger partial charge in [-0.25, -0.2) is 4.39 Å². The molecule has 1 fully saturated rings. The first-order chi connectivity index (χ1) is 14.1. The van der Waals surface area contributed by atoms with E-state index in [-0.39, 0.29) is 23.8 Å². The van der Waals surface area contributed by atoms with E-state index in [1.807, 2.05) is 12.1 Å². The second-order valence-electron chi connectivity index (χ2n) is 8.18. The highest BCUT2D eigenvalue weighted by Gasteiger charge is 2.51. The summed E-state index contributed by atoms with van der Waals surface area (Å²) in [5.74, 6) is -0.230. The quantitative estimate of drug-likeness (QED) is 0.640. The molecule has 0 aliphatic carbocycles. The van der Waals surface area contributed by atoms with Crippen LogP contribution in [0.3, 0.4) is 0 Å². The van der Waals surface area contributed by atoms with Crippen molar-refractivity contribution >= 4 is 0 Å². The van der Waals surface area contributed by atoms with Gasteiger partial charge in [-0.05, 0) is 24.1 Å². The fraction of sp³-hybridized carbons (Fsp3) is 0.308. The lowest BCUT2D eigenvalue weighted by molar-refractivity contribution is -0.758. The molecule has 4 atom stereocenters. The molecule has 0 unspecified atom stereocenters. The van der Waals surface area contributed by atoms with Crippen molar-refractivity contribution in [3.8, 4) is 0 Å². The zero-order valence-electron chi connectivity index (χ0n) is 16.8. The van der Waals surface area contributed by atoms with Crippen molar-refractivity contribution in [3.63, 3.8) is 0 Å². The van der Waals surface area contributed by atoms with Gasteiger partial charge in [-0.2, -0.15) is 0 Å². The van der Waals surface area contributed by atoms with Crippen LogP contribution in [0.5, 0.6) is 0 Å². The van der Waals surface area contributed by atoms with E-state index in [2.05, 4.69) is 60.8 Å². The first-order valence-electron chi connectivity index (χ1n) is 10.5. The number of rotatable bonds is 5. The van der Waals surface area contributed by atoms with Gasteiger partial charge in [0.25, 0.3) is 0 Å². The molecule has 4 rings (SSSR count). The van der Waals surface area contributed by atoms with Crippen molar-refractivity contribution in [1.82, 2.24) is 0 Å². The largest absolute Gasteiger partial charge is 0.384 e. The van der Waals surface area contributed by atoms with Crippen LogP contribution in [0.2, 0.25) is 0 Å². The van der Waals surface area contributed by atoms with Crippen LogP contribution >= 0.6 is 0 Å². The third-order valence-corrected chi connectivity index (χ3v) is 6.37. The van der Waals surface area contributed by atoms with Gasteiger partial charge >= 0.3 is 0 Å². The average molecular weight is 391 g/mol. The molecule has 1 saturated heterocycles. The number of aliphatic hydroxyl groups is 1. The van der Waals surface area contributed by atoms with Gasteiger partial charge in [0, 0.05) is 23.5 Å². The Morgan fingerprint density at radius 2 is 1.48 bits per heavy atom. The average Bonchev–Trinajstić information content (AvgIpc) is 2.77. The van der Waals surface area contributed by atoms with Gasteiger partial charge in [-0.15, -0.1) is 0 Å². The van der Waals surface area contributed by atoms with E-state index < -0.39 is 5.60 Å². The summed E-state index contributed by atoms with van der Waals surface area (Å²) >= 11 is 0. The fourth-order valence-electron chi connectivity index (χ4n) is 4.98. The van der Waals surface area contributed by atoms with Gasteiger partial charge in [0.15, 0.2) is 0 Å². The van der Waals surface area contributed by atoms with Gasteiger partial charge in [-0.1, -0.05) is 86.1 Å². The van der Waals surface area contributed by atoms with Crippen molar-refractivity contribution in [1.29, 1.82) is 0 Å². The number of hydrogen-bond acceptors (Lipinski definition) is 1. The Morgan fingerprint density at radius 3 is 2.07 bits per heavy atom. The molecule has 1 heterocycles. The van der Waals surface area contributed by atoms with Crippen LogP contribution in [-0.2, 0) is 5.60 Å². The smallest absolute Gasteiger partial charge is 0.123 e. The Balaban J connectivity index is 1.82. The molecule has 0 bridgehead atoms. The van der Waals surface area contributed by atoms with Gasteiger partial charge in [-0.3, -0.25) is 0 Å². The highest BCUT2D eigenvalue weighted by molar-refractivity contribution is 5.30. The van der Waals surface area contributed by atoms with Crippen LogP contribution in [0.4, 0.5) is 4.39 Å². The molecular weight excluding hydrogens is 361 g/mol. The molecule has 3 aromatic carbocycles. The van der Waals surface area contributed by atoms with Gasteiger partial charge in [0.2, 0.25) is 0 Å². The molecule has 150 valence electrons. The molecule has 0 amide bonds. The van der Waals surface area contributed by atoms with Crippen LogP contribution in [0.25, 0.3) is 0 Å². The van der Waals surface area contributed by atoms with Crippen molar-refractivity contribution < 1.29 is 14.8 Å². The lowest BCUT2D eigenvalue weighted by Crippen LogP contribution is -2.91. The summed E-state index contributed by atoms with van der Waals surface area (Å²) in [5, 5.41) is 14.6. The van der Waals surface area contributed by atoms with E-state index in [9.17, 15) is 9.50 Å². The summed E-state index contributed by atoms with van der Waals surface area (Å²) in [5.41, 5.74) is 2.24. The fourth-order valence-corrected chi connectivity index (χ4v) is 4.98. The molecule has 0 saturated carbocycles. The molecule has 1 aliphatic heterocycles. The summed E-state index contributed by atoms with van der Waals surface area (Å²) in [4.78, 5) is 0. The van der Waals surface area contributed by atoms with Gasteiger partial charge < -0.3 is 10.4 Å². The molecule has 1 aliphatic rings. The Labute approximate surface area is 172 Å². The summed E-state index contributed by atoms with van der Waals surface area (Å²) in [6, 6.07) is 27.6. The maximum Gasteiger partial charge on any atom is 0.123 e. The molecule has 0 radical (unpaired) electrons. The van der Waals surface area contributed by atoms with E-state index in [1.165, 1.54) is 23.3 Å². The first kappa shape index (κ1) is 19.8. The van der Waals surface area contributed by atoms with Crippen LogP contribution in [-0.4, -0.2) is 5.11 Å². The van der Waals surface area contributed by atoms with Crippen molar-refractivity contribution in [2.75, 3.05) is 0 Å². The maximum absolute atomic E-state index is 13.6. The van der Waals surface area contributed by atoms with Crippen molar-refractivity contribution in [2.45, 2.75) is 43.9 Å². The Kier molecular flexibility index (Phi) is 5.79. The second-order valence-corrected chi connectivity index (χ2v) is 8.18. The zero-order chi connectivity index (χ0) is 20.3. The van der Waals surface area contributed by atoms with E-state index >= 15 is 0 Å². The number of halogens is 1. The van der Waals surface area contributed by atoms with E-state index in [0.717, 1.165) is 18.4 Å². The Bertz CT molecular complexity index is 912. The Morgan fingerprint density at radius 1 is 0.897 bits per heavy atom. The van der Waals surface area contributed by atoms with Crippen LogP contribution in [0, 0.1) is 11.7 Å². The van der Waals surface area contributed by atoms with Crippen LogP contribution in [0.15, 0.2) is 84.9 Å². The summed E-state index contributed by atoms with van der Waals surface area (Å²) in [6.07, 6.45) is 2.50. The lowest BCUT2D eigenvalue weighted by Gasteiger charge is -2.47. The topological polar surface area (TPSA) is 36.8 Å². The zero-order valence-corrected chi connectivity index (χ0v) is 16.8. The monoisotopic (exact) mass is 390 g/mol. The summed E-state index contributed by atoms with van der Waals surface area (Å²) in [7, 11) is 0. The number of piperidine rings is 1. The van der Waals surface area contributed by atoms with Crippen molar-refractivity contribution in [2.24, 2.45) is 5.92 Å². The van der Waals surface area contributed by atoms with Gasteiger partial charge in [0.1, 0.15) is 23.5 Å². The molecule has 29 heavy (non-hydrogen) atoms. The maximum atomic E-state index is 13.6. The number of hydrogen-bond donors (Lipinski definition) is 2. The minimum atomic E-state index is -1.01. The standard InChI is InChI=1S/C26H28FNO/c1-2-9-23-25(20-12-7-4-8-13-20)28-24(19-10-5-3-6-11-19)18-26(23,29)21-14-16-22(27)17-15-21/h3-8,10-17,23-25,28-29H,2,9,18H2,1H3/p+1/t23-,24+,25+,26+/m1/s1. The van der Waals surface area contributed by atoms with Crippen LogP contribution < -0.4 is 5.32 Å². The molecule has 3 aromatic rings. The molecular formula is C26H29FNO+. The predicted molar refractivity (Wildman–Crippen MR) is 114 cm³/mol. The predicted octanol–water partition coefficient (Wildman–Crippen LogP) is 4.88. The molecule has 0 aromatic heterocycles. The highest BCUT2D eigenvalue weighted by Crippen LogP contribution is 2.47. The number of nitrogens with two attached hydrogens (primary N) is 1. The minimum absolute atomic E-state index is 0.0420. The van der Waals surface area contributed by atoms with Gasteiger partial charge in [0.05, 0.1) is 0 Å². The Hall–Kier alpha value is -2.49. The first-order valence-corrected chi connectivity index (χ1v) is 10.5. The highest BCUT2D eigenvalue weighted by atomic mass is 19.1. The van der Waals surface area contributed by atoms with Crippen LogP contribution in [0.1, 0.15) is 55.0 Å². The molecule has 3 heteroatoms. The molecule has 0 spiro atoms. The minimum Gasteiger partial charge on any atom is -0.384 e. The van der Waals surface area contributed by atoms with E-state index in [0.29, 0.717) is 6.42 Å². The third-order valence-electron chi connectivity index (χ3n) is 6.37. The lowest BCUT2D eigenvalue weighted by atomic mass is 9.66. The second kappa shape index (κ2) is 8.48.